The summed E-state index contributed by atoms with van der Waals surface area (Å²) >= 11 is 0. The van der Waals surface area contributed by atoms with Gasteiger partial charge in [-0.25, -0.2) is 9.97 Å². The molecule has 0 atom stereocenters. The Bertz CT molecular complexity index is 976. The van der Waals surface area contributed by atoms with Crippen molar-refractivity contribution in [1.29, 1.82) is 0 Å². The standard InChI is InChI=1S/C12H8F3N7O/c1-5-3-22-8(6-2-16-4-17-6)7(18-11(22)23-5)9-19-10(21-20-9)12(13,14)15/h2-4H,1H3,(H,16,17)(H,19,20,21). The molecular weight excluding hydrogens is 315 g/mol. The molecule has 0 spiro atoms. The molecule has 4 rings (SSSR count). The number of fused-ring (bicyclic) bond motifs is 1. The lowest BCUT2D eigenvalue weighted by Crippen LogP contribution is -2.07. The number of aromatic nitrogens is 7. The Hall–Kier alpha value is -3.11. The number of oxazole rings is 1. The zero-order valence-corrected chi connectivity index (χ0v) is 11.5. The summed E-state index contributed by atoms with van der Waals surface area (Å²) in [5.74, 6) is -0.539. The summed E-state index contributed by atoms with van der Waals surface area (Å²) in [6.45, 7) is 1.74. The van der Waals surface area contributed by atoms with E-state index in [0.717, 1.165) is 0 Å². The Kier molecular flexibility index (Phi) is 2.62. The largest absolute Gasteiger partial charge is 0.453 e. The summed E-state index contributed by atoms with van der Waals surface area (Å²) in [6.07, 6.45) is 0.00466. The molecule has 4 aromatic rings. The first kappa shape index (κ1) is 13.5. The highest BCUT2D eigenvalue weighted by molar-refractivity contribution is 5.75. The van der Waals surface area contributed by atoms with Crippen LogP contribution < -0.4 is 0 Å². The fraction of sp³-hybridized carbons (Fsp3) is 0.167. The van der Waals surface area contributed by atoms with Gasteiger partial charge >= 0.3 is 12.0 Å². The molecule has 0 radical (unpaired) electrons. The summed E-state index contributed by atoms with van der Waals surface area (Å²) in [4.78, 5) is 14.5. The van der Waals surface area contributed by atoms with Gasteiger partial charge in [0, 0.05) is 0 Å². The minimum atomic E-state index is -4.64. The van der Waals surface area contributed by atoms with E-state index in [1.807, 2.05) is 0 Å². The first-order valence-electron chi connectivity index (χ1n) is 6.40. The van der Waals surface area contributed by atoms with Gasteiger partial charge in [0.1, 0.15) is 17.1 Å². The predicted octanol–water partition coefficient (Wildman–Crippen LogP) is 2.43. The average Bonchev–Trinajstić information content (AvgIpc) is 3.19. The third kappa shape index (κ3) is 2.08. The second-order valence-electron chi connectivity index (χ2n) is 4.77. The topological polar surface area (TPSA) is 101 Å². The number of nitrogens with zero attached hydrogens (tertiary/aromatic N) is 5. The molecule has 0 aromatic carbocycles. The molecule has 2 N–H and O–H groups in total. The van der Waals surface area contributed by atoms with Crippen LogP contribution in [0.4, 0.5) is 13.2 Å². The van der Waals surface area contributed by atoms with Crippen molar-refractivity contribution in [2.75, 3.05) is 0 Å². The van der Waals surface area contributed by atoms with Crippen molar-refractivity contribution in [2.24, 2.45) is 0 Å². The molecule has 0 aliphatic heterocycles. The molecule has 11 heteroatoms. The molecule has 0 saturated heterocycles. The van der Waals surface area contributed by atoms with Crippen LogP contribution in [0.25, 0.3) is 28.8 Å². The van der Waals surface area contributed by atoms with Gasteiger partial charge in [-0.2, -0.15) is 18.2 Å². The van der Waals surface area contributed by atoms with Crippen LogP contribution in [0, 0.1) is 6.92 Å². The van der Waals surface area contributed by atoms with Gasteiger partial charge in [-0.05, 0) is 6.92 Å². The van der Waals surface area contributed by atoms with Crippen LogP contribution in [0.2, 0.25) is 0 Å². The van der Waals surface area contributed by atoms with Crippen molar-refractivity contribution in [1.82, 2.24) is 34.5 Å². The number of nitrogens with one attached hydrogen (secondary N) is 2. The molecule has 0 aliphatic rings. The van der Waals surface area contributed by atoms with Crippen LogP contribution in [-0.2, 0) is 6.18 Å². The van der Waals surface area contributed by atoms with Gasteiger partial charge in [0.05, 0.1) is 24.4 Å². The third-order valence-corrected chi connectivity index (χ3v) is 3.16. The maximum Gasteiger partial charge on any atom is 0.453 e. The van der Waals surface area contributed by atoms with Crippen LogP contribution in [0.15, 0.2) is 23.1 Å². The van der Waals surface area contributed by atoms with Crippen molar-refractivity contribution in [3.05, 3.63) is 30.3 Å². The molecule has 23 heavy (non-hydrogen) atoms. The Morgan fingerprint density at radius 3 is 2.74 bits per heavy atom. The Morgan fingerprint density at radius 1 is 1.26 bits per heavy atom. The summed E-state index contributed by atoms with van der Waals surface area (Å²) in [6, 6.07) is 0. The molecule has 0 amide bonds. The molecule has 4 heterocycles. The van der Waals surface area contributed by atoms with Gasteiger partial charge in [-0.3, -0.25) is 9.50 Å². The van der Waals surface area contributed by atoms with E-state index in [-0.39, 0.29) is 17.4 Å². The lowest BCUT2D eigenvalue weighted by Gasteiger charge is -1.99. The van der Waals surface area contributed by atoms with E-state index in [0.29, 0.717) is 17.1 Å². The zero-order chi connectivity index (χ0) is 16.2. The van der Waals surface area contributed by atoms with Crippen LogP contribution in [0.5, 0.6) is 0 Å². The first-order valence-corrected chi connectivity index (χ1v) is 6.40. The van der Waals surface area contributed by atoms with Crippen LogP contribution in [0.3, 0.4) is 0 Å². The highest BCUT2D eigenvalue weighted by Crippen LogP contribution is 2.32. The van der Waals surface area contributed by atoms with Gasteiger partial charge in [-0.1, -0.05) is 0 Å². The van der Waals surface area contributed by atoms with E-state index < -0.39 is 12.0 Å². The minimum Gasteiger partial charge on any atom is -0.429 e. The SMILES string of the molecule is Cc1cn2c(-c3cnc[nH]3)c(-c3nc(C(F)(F)F)n[nH]3)nc2o1. The number of rotatable bonds is 2. The summed E-state index contributed by atoms with van der Waals surface area (Å²) in [5, 5.41) is 5.45. The number of imidazole rings is 2. The van der Waals surface area contributed by atoms with E-state index in [1.54, 1.807) is 17.5 Å². The average molecular weight is 323 g/mol. The number of aryl methyl sites for hydroxylation is 1. The van der Waals surface area contributed by atoms with Crippen molar-refractivity contribution in [3.63, 3.8) is 0 Å². The van der Waals surface area contributed by atoms with Crippen LogP contribution >= 0.6 is 0 Å². The van der Waals surface area contributed by atoms with Crippen molar-refractivity contribution in [2.45, 2.75) is 13.1 Å². The van der Waals surface area contributed by atoms with Gasteiger partial charge in [0.25, 0.3) is 5.82 Å². The molecule has 0 aliphatic carbocycles. The van der Waals surface area contributed by atoms with Gasteiger partial charge in [0.15, 0.2) is 5.82 Å². The molecule has 0 unspecified atom stereocenters. The fourth-order valence-electron chi connectivity index (χ4n) is 2.26. The maximum atomic E-state index is 12.7. The number of alkyl halides is 3. The Morgan fingerprint density at radius 2 is 2.09 bits per heavy atom. The molecule has 0 bridgehead atoms. The van der Waals surface area contributed by atoms with E-state index in [9.17, 15) is 13.2 Å². The monoisotopic (exact) mass is 323 g/mol. The van der Waals surface area contributed by atoms with E-state index in [1.165, 1.54) is 12.5 Å². The van der Waals surface area contributed by atoms with E-state index in [4.69, 9.17) is 4.42 Å². The summed E-state index contributed by atoms with van der Waals surface area (Å²) in [5.41, 5.74) is 1.20. The number of halogens is 3. The highest BCUT2D eigenvalue weighted by Gasteiger charge is 2.37. The van der Waals surface area contributed by atoms with E-state index in [2.05, 4.69) is 30.1 Å². The minimum absolute atomic E-state index is 0.113. The normalized spacial score (nSPS) is 12.3. The third-order valence-electron chi connectivity index (χ3n) is 3.16. The summed E-state index contributed by atoms with van der Waals surface area (Å²) in [7, 11) is 0. The lowest BCUT2D eigenvalue weighted by molar-refractivity contribution is -0.144. The van der Waals surface area contributed by atoms with Gasteiger partial charge in [-0.15, -0.1) is 5.10 Å². The smallest absolute Gasteiger partial charge is 0.429 e. The summed E-state index contributed by atoms with van der Waals surface area (Å²) < 4.78 is 45.1. The molecule has 0 saturated carbocycles. The molecule has 8 nitrogen and oxygen atoms in total. The molecule has 4 aromatic heterocycles. The zero-order valence-electron chi connectivity index (χ0n) is 11.5. The highest BCUT2D eigenvalue weighted by atomic mass is 19.4. The molecule has 0 fully saturated rings. The predicted molar refractivity (Wildman–Crippen MR) is 70.2 cm³/mol. The first-order chi connectivity index (χ1) is 10.9. The van der Waals surface area contributed by atoms with Gasteiger partial charge < -0.3 is 9.40 Å². The molecule has 118 valence electrons. The maximum absolute atomic E-state index is 12.7. The lowest BCUT2D eigenvalue weighted by atomic mass is 10.2. The van der Waals surface area contributed by atoms with Gasteiger partial charge in [0.2, 0.25) is 0 Å². The van der Waals surface area contributed by atoms with Crippen molar-refractivity contribution in [3.8, 4) is 22.9 Å². The Balaban J connectivity index is 1.95. The number of aromatic amines is 2. The number of hydrogen-bond acceptors (Lipinski definition) is 5. The van der Waals surface area contributed by atoms with Crippen molar-refractivity contribution < 1.29 is 17.6 Å². The second-order valence-corrected chi connectivity index (χ2v) is 4.77. The Labute approximate surface area is 125 Å². The quantitative estimate of drug-likeness (QED) is 0.590. The van der Waals surface area contributed by atoms with Crippen LogP contribution in [-0.4, -0.2) is 34.5 Å². The van der Waals surface area contributed by atoms with E-state index >= 15 is 0 Å². The number of H-pyrrole nitrogens is 2. The van der Waals surface area contributed by atoms with Crippen molar-refractivity contribution >= 4 is 5.84 Å². The second kappa shape index (κ2) is 4.44. The fourth-order valence-corrected chi connectivity index (χ4v) is 2.26. The molecular formula is C12H8F3N7O. The van der Waals surface area contributed by atoms with Crippen LogP contribution in [0.1, 0.15) is 11.6 Å². The number of hydrogen-bond donors (Lipinski definition) is 2.